The van der Waals surface area contributed by atoms with Crippen molar-refractivity contribution in [1.29, 1.82) is 0 Å². The number of halogens is 1. The third kappa shape index (κ3) is 2.34. The normalized spacial score (nSPS) is 12.9. The molecule has 5 nitrogen and oxygen atoms in total. The summed E-state index contributed by atoms with van der Waals surface area (Å²) in [7, 11) is 0. The van der Waals surface area contributed by atoms with E-state index in [1.165, 1.54) is 0 Å². The molecule has 0 radical (unpaired) electrons. The summed E-state index contributed by atoms with van der Waals surface area (Å²) in [6.07, 6.45) is 3.69. The number of ether oxygens (including phenoxy) is 2. The quantitative estimate of drug-likeness (QED) is 0.909. The van der Waals surface area contributed by atoms with Crippen molar-refractivity contribution in [3.8, 4) is 11.5 Å². The lowest BCUT2D eigenvalue weighted by molar-refractivity contribution is 0.173. The van der Waals surface area contributed by atoms with Gasteiger partial charge in [0.05, 0.1) is 10.7 Å². The van der Waals surface area contributed by atoms with Crippen LogP contribution in [0, 0.1) is 0 Å². The van der Waals surface area contributed by atoms with Gasteiger partial charge in [-0.05, 0) is 33.6 Å². The Balaban J connectivity index is 1.65. The van der Waals surface area contributed by atoms with E-state index in [1.807, 2.05) is 24.5 Å². The molecule has 0 atom stereocenters. The van der Waals surface area contributed by atoms with Gasteiger partial charge in [0.25, 0.3) is 0 Å². The van der Waals surface area contributed by atoms with Gasteiger partial charge in [0, 0.05) is 24.8 Å². The summed E-state index contributed by atoms with van der Waals surface area (Å²) in [6, 6.07) is 4.03. The van der Waals surface area contributed by atoms with E-state index in [0.717, 1.165) is 40.2 Å². The second-order valence-corrected chi connectivity index (χ2v) is 4.88. The predicted molar refractivity (Wildman–Crippen MR) is 69.4 cm³/mol. The monoisotopic (exact) mass is 309 g/mol. The van der Waals surface area contributed by atoms with Gasteiger partial charge in [-0.1, -0.05) is 0 Å². The van der Waals surface area contributed by atoms with Gasteiger partial charge in [-0.3, -0.25) is 5.10 Å². The van der Waals surface area contributed by atoms with Crippen LogP contribution in [0.15, 0.2) is 29.0 Å². The van der Waals surface area contributed by atoms with Gasteiger partial charge in [-0.2, -0.15) is 5.10 Å². The Morgan fingerprint density at radius 2 is 2.17 bits per heavy atom. The molecule has 0 amide bonds. The highest BCUT2D eigenvalue weighted by atomic mass is 79.9. The summed E-state index contributed by atoms with van der Waals surface area (Å²) in [5.74, 6) is 1.58. The van der Waals surface area contributed by atoms with E-state index in [1.54, 1.807) is 0 Å². The first-order valence-corrected chi connectivity index (χ1v) is 6.38. The SMILES string of the molecule is Brc1cc(CNCc2cn[nH]c2)cc2c1OCO2. The maximum atomic E-state index is 5.38. The highest BCUT2D eigenvalue weighted by Crippen LogP contribution is 2.39. The minimum Gasteiger partial charge on any atom is -0.454 e. The van der Waals surface area contributed by atoms with Gasteiger partial charge in [-0.25, -0.2) is 0 Å². The molecule has 94 valence electrons. The van der Waals surface area contributed by atoms with E-state index in [2.05, 4.69) is 31.4 Å². The topological polar surface area (TPSA) is 59.2 Å². The number of aromatic nitrogens is 2. The lowest BCUT2D eigenvalue weighted by Gasteiger charge is -2.06. The molecule has 2 heterocycles. The fraction of sp³-hybridized carbons (Fsp3) is 0.250. The lowest BCUT2D eigenvalue weighted by Crippen LogP contribution is -2.12. The van der Waals surface area contributed by atoms with Crippen LogP contribution in [0.3, 0.4) is 0 Å². The molecule has 1 aliphatic heterocycles. The largest absolute Gasteiger partial charge is 0.454 e. The number of nitrogens with zero attached hydrogens (tertiary/aromatic N) is 1. The van der Waals surface area contributed by atoms with E-state index in [0.29, 0.717) is 6.79 Å². The predicted octanol–water partition coefficient (Wildman–Crippen LogP) is 2.19. The van der Waals surface area contributed by atoms with E-state index < -0.39 is 0 Å². The molecule has 0 bridgehead atoms. The minimum absolute atomic E-state index is 0.292. The zero-order valence-corrected chi connectivity index (χ0v) is 11.2. The van der Waals surface area contributed by atoms with E-state index in [-0.39, 0.29) is 0 Å². The Bertz CT molecular complexity index is 543. The fourth-order valence-electron chi connectivity index (χ4n) is 1.85. The molecule has 0 saturated heterocycles. The van der Waals surface area contributed by atoms with Crippen LogP contribution >= 0.6 is 15.9 Å². The second-order valence-electron chi connectivity index (χ2n) is 4.02. The maximum absolute atomic E-state index is 5.38. The average molecular weight is 310 g/mol. The molecular weight excluding hydrogens is 298 g/mol. The maximum Gasteiger partial charge on any atom is 0.231 e. The Kier molecular flexibility index (Phi) is 3.21. The van der Waals surface area contributed by atoms with Crippen LogP contribution in [-0.2, 0) is 13.1 Å². The Morgan fingerprint density at radius 3 is 3.00 bits per heavy atom. The van der Waals surface area contributed by atoms with Crippen molar-refractivity contribution in [3.63, 3.8) is 0 Å². The first-order valence-electron chi connectivity index (χ1n) is 5.59. The zero-order chi connectivity index (χ0) is 12.4. The van der Waals surface area contributed by atoms with Crippen LogP contribution in [0.4, 0.5) is 0 Å². The molecule has 2 aromatic rings. The fourth-order valence-corrected chi connectivity index (χ4v) is 2.45. The van der Waals surface area contributed by atoms with Crippen LogP contribution in [0.2, 0.25) is 0 Å². The molecule has 18 heavy (non-hydrogen) atoms. The molecule has 2 N–H and O–H groups in total. The third-order valence-electron chi connectivity index (χ3n) is 2.70. The van der Waals surface area contributed by atoms with Gasteiger partial charge < -0.3 is 14.8 Å². The lowest BCUT2D eigenvalue weighted by atomic mass is 10.2. The third-order valence-corrected chi connectivity index (χ3v) is 3.29. The number of H-pyrrole nitrogens is 1. The number of rotatable bonds is 4. The van der Waals surface area contributed by atoms with Crippen LogP contribution in [0.25, 0.3) is 0 Å². The van der Waals surface area contributed by atoms with Crippen molar-refractivity contribution in [1.82, 2.24) is 15.5 Å². The number of nitrogens with one attached hydrogen (secondary N) is 2. The molecule has 0 aliphatic carbocycles. The Morgan fingerprint density at radius 1 is 1.28 bits per heavy atom. The molecular formula is C12H12BrN3O2. The molecule has 0 unspecified atom stereocenters. The van der Waals surface area contributed by atoms with Crippen molar-refractivity contribution >= 4 is 15.9 Å². The van der Waals surface area contributed by atoms with Crippen molar-refractivity contribution in [3.05, 3.63) is 40.1 Å². The average Bonchev–Trinajstić information content (AvgIpc) is 2.99. The van der Waals surface area contributed by atoms with Gasteiger partial charge in [-0.15, -0.1) is 0 Å². The summed E-state index contributed by atoms with van der Waals surface area (Å²) in [4.78, 5) is 0. The van der Waals surface area contributed by atoms with Crippen LogP contribution in [0.5, 0.6) is 11.5 Å². The first-order chi connectivity index (χ1) is 8.83. The highest BCUT2D eigenvalue weighted by Gasteiger charge is 2.17. The summed E-state index contributed by atoms with van der Waals surface area (Å²) in [5, 5.41) is 10.0. The number of benzene rings is 1. The van der Waals surface area contributed by atoms with Gasteiger partial charge in [0.15, 0.2) is 11.5 Å². The summed E-state index contributed by atoms with van der Waals surface area (Å²) in [6.45, 7) is 1.84. The molecule has 6 heteroatoms. The number of hydrogen-bond donors (Lipinski definition) is 2. The van der Waals surface area contributed by atoms with Crippen LogP contribution in [0.1, 0.15) is 11.1 Å². The second kappa shape index (κ2) is 4.99. The van der Waals surface area contributed by atoms with Crippen LogP contribution < -0.4 is 14.8 Å². The molecule has 0 fully saturated rings. The van der Waals surface area contributed by atoms with E-state index in [9.17, 15) is 0 Å². The molecule has 3 rings (SSSR count). The number of fused-ring (bicyclic) bond motifs is 1. The van der Waals surface area contributed by atoms with E-state index in [4.69, 9.17) is 9.47 Å². The standard InChI is InChI=1S/C12H12BrN3O2/c13-10-1-8(2-11-12(10)18-7-17-11)3-14-4-9-5-15-16-6-9/h1-2,5-6,14H,3-4,7H2,(H,15,16). The van der Waals surface area contributed by atoms with Crippen molar-refractivity contribution < 1.29 is 9.47 Å². The molecule has 0 spiro atoms. The number of aromatic amines is 1. The van der Waals surface area contributed by atoms with Crippen LogP contribution in [-0.4, -0.2) is 17.0 Å². The van der Waals surface area contributed by atoms with Crippen molar-refractivity contribution in [2.24, 2.45) is 0 Å². The highest BCUT2D eigenvalue weighted by molar-refractivity contribution is 9.10. The smallest absolute Gasteiger partial charge is 0.231 e. The number of hydrogen-bond acceptors (Lipinski definition) is 4. The minimum atomic E-state index is 0.292. The first kappa shape index (κ1) is 11.6. The molecule has 0 saturated carbocycles. The van der Waals surface area contributed by atoms with E-state index >= 15 is 0 Å². The molecule has 1 aromatic carbocycles. The van der Waals surface area contributed by atoms with Gasteiger partial charge in [0.1, 0.15) is 0 Å². The molecule has 1 aromatic heterocycles. The van der Waals surface area contributed by atoms with Crippen molar-refractivity contribution in [2.75, 3.05) is 6.79 Å². The zero-order valence-electron chi connectivity index (χ0n) is 9.57. The van der Waals surface area contributed by atoms with Gasteiger partial charge in [0.2, 0.25) is 6.79 Å². The van der Waals surface area contributed by atoms with Crippen molar-refractivity contribution in [2.45, 2.75) is 13.1 Å². The Labute approximate surface area is 113 Å². The van der Waals surface area contributed by atoms with Gasteiger partial charge >= 0.3 is 0 Å². The molecule has 1 aliphatic rings. The summed E-state index contributed by atoms with van der Waals surface area (Å²) >= 11 is 3.48. The Hall–Kier alpha value is -1.53. The summed E-state index contributed by atoms with van der Waals surface area (Å²) in [5.41, 5.74) is 2.28. The summed E-state index contributed by atoms with van der Waals surface area (Å²) < 4.78 is 11.7.